The van der Waals surface area contributed by atoms with Gasteiger partial charge in [-0.1, -0.05) is 24.3 Å². The van der Waals surface area contributed by atoms with E-state index in [1.54, 1.807) is 0 Å². The van der Waals surface area contributed by atoms with Crippen LogP contribution in [0.25, 0.3) is 0 Å². The summed E-state index contributed by atoms with van der Waals surface area (Å²) in [7, 11) is 0. The summed E-state index contributed by atoms with van der Waals surface area (Å²) >= 11 is 5.54. The van der Waals surface area contributed by atoms with Crippen LogP contribution >= 0.6 is 11.6 Å². The molecule has 0 aliphatic heterocycles. The molecule has 0 saturated carbocycles. The van der Waals surface area contributed by atoms with Crippen molar-refractivity contribution in [2.45, 2.75) is 5.38 Å². The number of hydrogen-bond donors (Lipinski definition) is 0. The predicted octanol–water partition coefficient (Wildman–Crippen LogP) is 1.34. The lowest BCUT2D eigenvalue weighted by Crippen LogP contribution is -1.76. The van der Waals surface area contributed by atoms with Gasteiger partial charge in [0, 0.05) is 23.1 Å². The van der Waals surface area contributed by atoms with Crippen molar-refractivity contribution in [2.75, 3.05) is 0 Å². The second kappa shape index (κ2) is 3.53. The molecule has 0 aromatic rings. The zero-order valence-electron chi connectivity index (χ0n) is 3.97. The van der Waals surface area contributed by atoms with Crippen LogP contribution in [-0.4, -0.2) is 28.4 Å². The third kappa shape index (κ3) is 2.37. The van der Waals surface area contributed by atoms with E-state index in [0.717, 1.165) is 0 Å². The van der Waals surface area contributed by atoms with Gasteiger partial charge < -0.3 is 0 Å². The van der Waals surface area contributed by atoms with Crippen LogP contribution in [0.5, 0.6) is 0 Å². The molecular weight excluding hydrogens is 120 g/mol. The molecule has 2 heteroatoms. The van der Waals surface area contributed by atoms with E-state index in [0.29, 0.717) is 0 Å². The van der Waals surface area contributed by atoms with Gasteiger partial charge in [0.2, 0.25) is 0 Å². The summed E-state index contributed by atoms with van der Waals surface area (Å²) in [5, 5.41) is 0.157. The number of rotatable bonds is 0. The molecule has 0 amide bonds. The fraction of sp³-hybridized carbons (Fsp3) is 0.200. The van der Waals surface area contributed by atoms with E-state index in [-0.39, 0.29) is 28.4 Å². The molecule has 0 unspecified atom stereocenters. The highest BCUT2D eigenvalue weighted by Gasteiger charge is 1.92. The molecule has 34 valence electrons. The molecule has 7 heavy (non-hydrogen) atoms. The fourth-order valence-electron chi connectivity index (χ4n) is 0.405. The molecule has 0 spiro atoms. The highest BCUT2D eigenvalue weighted by atomic mass is 35.5. The van der Waals surface area contributed by atoms with Gasteiger partial charge in [0.15, 0.2) is 0 Å². The maximum Gasteiger partial charge on any atom is 0.0702 e. The highest BCUT2D eigenvalue weighted by molar-refractivity contribution is 6.23. The Morgan fingerprint density at radius 3 is 1.71 bits per heavy atom. The molecule has 1 aliphatic carbocycles. The Kier molecular flexibility index (Phi) is 3.80. The lowest BCUT2D eigenvalue weighted by molar-refractivity contribution is 1.45. The molecule has 0 N–H and O–H groups in total. The molecule has 0 heterocycles. The molecule has 0 aromatic heterocycles. The summed E-state index contributed by atoms with van der Waals surface area (Å²) in [6.45, 7) is 0. The molecule has 0 nitrogen and oxygen atoms in total. The van der Waals surface area contributed by atoms with Crippen molar-refractivity contribution < 1.29 is 0 Å². The summed E-state index contributed by atoms with van der Waals surface area (Å²) in [6, 6.07) is 0. The van der Waals surface area contributed by atoms with Crippen molar-refractivity contribution in [1.82, 2.24) is 0 Å². The van der Waals surface area contributed by atoms with E-state index in [4.69, 9.17) is 11.6 Å². The normalized spacial score (nSPS) is 17.3. The maximum absolute atomic E-state index is 5.54. The minimum absolute atomic E-state index is 0. The zero-order valence-corrected chi connectivity index (χ0v) is 6.14. The van der Waals surface area contributed by atoms with Crippen molar-refractivity contribution >= 4 is 34.7 Å². The van der Waals surface area contributed by atoms with Crippen molar-refractivity contribution in [3.05, 3.63) is 24.3 Å². The first kappa shape index (κ1) is 7.54. The van der Waals surface area contributed by atoms with Crippen molar-refractivity contribution in [3.63, 3.8) is 0 Å². The second-order valence-electron chi connectivity index (χ2n) is 1.21. The summed E-state index contributed by atoms with van der Waals surface area (Å²) < 4.78 is 0. The van der Waals surface area contributed by atoms with Crippen LogP contribution in [-0.2, 0) is 0 Å². The van der Waals surface area contributed by atoms with Gasteiger partial charge in [0.25, 0.3) is 0 Å². The smallest absolute Gasteiger partial charge is 0.0702 e. The van der Waals surface area contributed by atoms with E-state index in [9.17, 15) is 0 Å². The van der Waals surface area contributed by atoms with E-state index >= 15 is 0 Å². The maximum atomic E-state index is 5.54. The Balaban J connectivity index is 0.000000360. The Bertz CT molecular complexity index is 84.3. The minimum atomic E-state index is 0. The quantitative estimate of drug-likeness (QED) is 0.338. The predicted molar refractivity (Wildman–Crippen MR) is 33.7 cm³/mol. The number of allylic oxidation sites excluding steroid dienone is 4. The van der Waals surface area contributed by atoms with Crippen LogP contribution in [0.1, 0.15) is 0 Å². The van der Waals surface area contributed by atoms with Crippen LogP contribution in [0.3, 0.4) is 0 Å². The average Bonchev–Trinajstić information content (AvgIpc) is 1.86. The molecule has 0 bridgehead atoms. The van der Waals surface area contributed by atoms with Gasteiger partial charge in [-0.05, 0) is 0 Å². The summed E-state index contributed by atoms with van der Waals surface area (Å²) in [6.07, 6.45) is 7.75. The lowest BCUT2D eigenvalue weighted by Gasteiger charge is -1.80. The van der Waals surface area contributed by atoms with Gasteiger partial charge in [0.1, 0.15) is 0 Å². The standard InChI is InChI=1S/C5H5Cl.Mg/c6-5-3-1-2-4-5;/h1-5H;. The monoisotopic (exact) mass is 124 g/mol. The SMILES string of the molecule is ClC1C=CC=C1.[Mg]. The van der Waals surface area contributed by atoms with Crippen LogP contribution in [0.15, 0.2) is 24.3 Å². The fourth-order valence-corrected chi connectivity index (χ4v) is 0.573. The topological polar surface area (TPSA) is 0 Å². The number of alkyl halides is 1. The zero-order chi connectivity index (χ0) is 4.41. The van der Waals surface area contributed by atoms with E-state index in [1.165, 1.54) is 0 Å². The van der Waals surface area contributed by atoms with Crippen molar-refractivity contribution in [1.29, 1.82) is 0 Å². The molecule has 1 aliphatic rings. The summed E-state index contributed by atoms with van der Waals surface area (Å²) in [4.78, 5) is 0. The van der Waals surface area contributed by atoms with Gasteiger partial charge in [0.05, 0.1) is 5.38 Å². The van der Waals surface area contributed by atoms with E-state index < -0.39 is 0 Å². The number of halogens is 1. The van der Waals surface area contributed by atoms with E-state index in [1.807, 2.05) is 24.3 Å². The Morgan fingerprint density at radius 1 is 1.14 bits per heavy atom. The molecule has 2 radical (unpaired) electrons. The first-order valence-corrected chi connectivity index (χ1v) is 2.32. The molecule has 0 atom stereocenters. The second-order valence-corrected chi connectivity index (χ2v) is 1.72. The highest BCUT2D eigenvalue weighted by Crippen LogP contribution is 2.05. The first-order chi connectivity index (χ1) is 2.89. The molecule has 0 saturated heterocycles. The van der Waals surface area contributed by atoms with E-state index in [2.05, 4.69) is 0 Å². The Hall–Kier alpha value is 0.536. The summed E-state index contributed by atoms with van der Waals surface area (Å²) in [5.74, 6) is 0. The van der Waals surface area contributed by atoms with Gasteiger partial charge in [-0.2, -0.15) is 0 Å². The largest absolute Gasteiger partial charge is 0.114 e. The molecule has 1 rings (SSSR count). The van der Waals surface area contributed by atoms with Crippen molar-refractivity contribution in [2.24, 2.45) is 0 Å². The Labute approximate surface area is 64.4 Å². The number of hydrogen-bond acceptors (Lipinski definition) is 0. The van der Waals surface area contributed by atoms with Crippen LogP contribution in [0.2, 0.25) is 0 Å². The first-order valence-electron chi connectivity index (χ1n) is 1.88. The molecule has 0 fully saturated rings. The van der Waals surface area contributed by atoms with Crippen LogP contribution in [0.4, 0.5) is 0 Å². The molecule has 0 aromatic carbocycles. The average molecular weight is 125 g/mol. The lowest BCUT2D eigenvalue weighted by atomic mass is 10.5. The minimum Gasteiger partial charge on any atom is -0.114 e. The van der Waals surface area contributed by atoms with Crippen LogP contribution in [0, 0.1) is 0 Å². The van der Waals surface area contributed by atoms with Gasteiger partial charge >= 0.3 is 0 Å². The van der Waals surface area contributed by atoms with Gasteiger partial charge in [-0.15, -0.1) is 11.6 Å². The third-order valence-electron chi connectivity index (χ3n) is 0.701. The van der Waals surface area contributed by atoms with Gasteiger partial charge in [-0.25, -0.2) is 0 Å². The Morgan fingerprint density at radius 2 is 1.57 bits per heavy atom. The van der Waals surface area contributed by atoms with Crippen molar-refractivity contribution in [3.8, 4) is 0 Å². The van der Waals surface area contributed by atoms with Gasteiger partial charge in [-0.3, -0.25) is 0 Å². The third-order valence-corrected chi connectivity index (χ3v) is 0.992. The van der Waals surface area contributed by atoms with Crippen LogP contribution < -0.4 is 0 Å². The summed E-state index contributed by atoms with van der Waals surface area (Å²) in [5.41, 5.74) is 0. The molecular formula is C5H5ClMg.